The van der Waals surface area contributed by atoms with Gasteiger partial charge in [0.05, 0.1) is 0 Å². The first kappa shape index (κ1) is 10.1. The molecule has 1 N–H and O–H groups in total. The van der Waals surface area contributed by atoms with Crippen LogP contribution in [0.25, 0.3) is 0 Å². The van der Waals surface area contributed by atoms with Crippen LogP contribution in [0.15, 0.2) is 0 Å². The van der Waals surface area contributed by atoms with Gasteiger partial charge in [-0.15, -0.1) is 0 Å². The summed E-state index contributed by atoms with van der Waals surface area (Å²) >= 11 is 0. The van der Waals surface area contributed by atoms with Gasteiger partial charge in [0.15, 0.2) is 0 Å². The fraction of sp³-hybridized carbons (Fsp3) is 0.643. The molecule has 0 fully saturated rings. The van der Waals surface area contributed by atoms with E-state index in [1.807, 2.05) is 0 Å². The molecule has 0 saturated heterocycles. The van der Waals surface area contributed by atoms with E-state index < -0.39 is 0 Å². The summed E-state index contributed by atoms with van der Waals surface area (Å²) in [5, 5.41) is 3.44. The van der Waals surface area contributed by atoms with Gasteiger partial charge in [0, 0.05) is 29.7 Å². The molecule has 86 valence electrons. The van der Waals surface area contributed by atoms with Crippen LogP contribution in [0, 0.1) is 0 Å². The molecule has 0 amide bonds. The number of anilines is 1. The molecule has 0 spiro atoms. The van der Waals surface area contributed by atoms with Crippen LogP contribution >= 0.6 is 0 Å². The molecular weight excluding hydrogens is 196 g/mol. The lowest BCUT2D eigenvalue weighted by atomic mass is 9.85. The van der Waals surface area contributed by atoms with Crippen molar-refractivity contribution in [1.29, 1.82) is 0 Å². The van der Waals surface area contributed by atoms with E-state index in [4.69, 9.17) is 4.98 Å². The van der Waals surface area contributed by atoms with Gasteiger partial charge in [0.1, 0.15) is 0 Å². The number of hydrogen-bond donors (Lipinski definition) is 1. The summed E-state index contributed by atoms with van der Waals surface area (Å²) in [6.45, 7) is 4.70. The molecule has 0 aromatic carbocycles. The van der Waals surface area contributed by atoms with E-state index in [0.29, 0.717) is 5.41 Å². The van der Waals surface area contributed by atoms with E-state index in [1.54, 1.807) is 0 Å². The lowest BCUT2D eigenvalue weighted by Crippen LogP contribution is -2.16. The van der Waals surface area contributed by atoms with Crippen LogP contribution in [-0.4, -0.2) is 12.0 Å². The molecule has 3 rings (SSSR count). The second-order valence-electron chi connectivity index (χ2n) is 5.72. The predicted molar refractivity (Wildman–Crippen MR) is 67.2 cm³/mol. The van der Waals surface area contributed by atoms with Gasteiger partial charge in [-0.1, -0.05) is 13.8 Å². The average Bonchev–Trinajstić information content (AvgIpc) is 2.81. The topological polar surface area (TPSA) is 24.9 Å². The minimum Gasteiger partial charge on any atom is -0.388 e. The zero-order chi connectivity index (χ0) is 11.3. The van der Waals surface area contributed by atoms with Crippen molar-refractivity contribution in [3.05, 3.63) is 22.5 Å². The molecule has 16 heavy (non-hydrogen) atoms. The highest BCUT2D eigenvalue weighted by molar-refractivity contribution is 5.65. The second kappa shape index (κ2) is 3.22. The number of nitrogens with one attached hydrogen (secondary N) is 1. The van der Waals surface area contributed by atoms with E-state index in [9.17, 15) is 0 Å². The van der Waals surface area contributed by atoms with Gasteiger partial charge in [-0.3, -0.25) is 4.98 Å². The minimum atomic E-state index is 0.304. The summed E-state index contributed by atoms with van der Waals surface area (Å²) in [7, 11) is 2.06. The van der Waals surface area contributed by atoms with Crippen molar-refractivity contribution in [2.45, 2.75) is 51.4 Å². The van der Waals surface area contributed by atoms with Crippen molar-refractivity contribution in [2.24, 2.45) is 0 Å². The molecule has 1 heterocycles. The highest BCUT2D eigenvalue weighted by Gasteiger charge is 2.36. The van der Waals surface area contributed by atoms with Gasteiger partial charge in [-0.25, -0.2) is 0 Å². The standard InChI is InChI=1S/C14H20N2/c1-14(2)8-7-11-12(14)13(15-3)9-5-4-6-10(9)16-11/h4-8H2,1-3H3,(H,15,16). The number of nitrogens with zero attached hydrogens (tertiary/aromatic N) is 1. The summed E-state index contributed by atoms with van der Waals surface area (Å²) < 4.78 is 0. The third-order valence-electron chi connectivity index (χ3n) is 4.21. The smallest absolute Gasteiger partial charge is 0.0465 e. The summed E-state index contributed by atoms with van der Waals surface area (Å²) in [6.07, 6.45) is 6.07. The first-order valence-electron chi connectivity index (χ1n) is 6.36. The molecule has 0 atom stereocenters. The summed E-state index contributed by atoms with van der Waals surface area (Å²) in [6, 6.07) is 0. The third-order valence-corrected chi connectivity index (χ3v) is 4.21. The molecule has 2 nitrogen and oxygen atoms in total. The Morgan fingerprint density at radius 1 is 1.12 bits per heavy atom. The Bertz CT molecular complexity index is 447. The number of aryl methyl sites for hydroxylation is 2. The van der Waals surface area contributed by atoms with Crippen LogP contribution < -0.4 is 5.32 Å². The highest BCUT2D eigenvalue weighted by Crippen LogP contribution is 2.45. The maximum Gasteiger partial charge on any atom is 0.0465 e. The summed E-state index contributed by atoms with van der Waals surface area (Å²) in [5.74, 6) is 0. The van der Waals surface area contributed by atoms with Gasteiger partial charge in [-0.05, 0) is 43.1 Å². The van der Waals surface area contributed by atoms with Gasteiger partial charge < -0.3 is 5.32 Å². The molecule has 0 unspecified atom stereocenters. The Morgan fingerprint density at radius 3 is 2.69 bits per heavy atom. The van der Waals surface area contributed by atoms with Crippen molar-refractivity contribution in [3.8, 4) is 0 Å². The fourth-order valence-electron chi connectivity index (χ4n) is 3.38. The van der Waals surface area contributed by atoms with Gasteiger partial charge in [-0.2, -0.15) is 0 Å². The molecule has 0 saturated carbocycles. The van der Waals surface area contributed by atoms with E-state index in [-0.39, 0.29) is 0 Å². The van der Waals surface area contributed by atoms with Crippen LogP contribution in [0.4, 0.5) is 5.69 Å². The number of fused-ring (bicyclic) bond motifs is 2. The third kappa shape index (κ3) is 1.22. The van der Waals surface area contributed by atoms with Crippen molar-refractivity contribution >= 4 is 5.69 Å². The first-order chi connectivity index (χ1) is 7.63. The molecule has 1 aromatic heterocycles. The fourth-order valence-corrected chi connectivity index (χ4v) is 3.38. The van der Waals surface area contributed by atoms with E-state index in [2.05, 4.69) is 26.2 Å². The van der Waals surface area contributed by atoms with Gasteiger partial charge in [0.25, 0.3) is 0 Å². The Morgan fingerprint density at radius 2 is 1.94 bits per heavy atom. The summed E-state index contributed by atoms with van der Waals surface area (Å²) in [4.78, 5) is 4.90. The molecular formula is C14H20N2. The van der Waals surface area contributed by atoms with Crippen molar-refractivity contribution < 1.29 is 0 Å². The molecule has 2 aliphatic carbocycles. The van der Waals surface area contributed by atoms with Crippen molar-refractivity contribution in [1.82, 2.24) is 4.98 Å². The van der Waals surface area contributed by atoms with Crippen LogP contribution in [0.5, 0.6) is 0 Å². The number of aromatic nitrogens is 1. The van der Waals surface area contributed by atoms with E-state index >= 15 is 0 Å². The minimum absolute atomic E-state index is 0.304. The zero-order valence-electron chi connectivity index (χ0n) is 10.5. The molecule has 0 aliphatic heterocycles. The maximum absolute atomic E-state index is 4.90. The average molecular weight is 216 g/mol. The molecule has 1 aromatic rings. The normalized spacial score (nSPS) is 20.7. The monoisotopic (exact) mass is 216 g/mol. The Hall–Kier alpha value is -1.05. The van der Waals surface area contributed by atoms with Crippen LogP contribution in [-0.2, 0) is 24.7 Å². The largest absolute Gasteiger partial charge is 0.388 e. The second-order valence-corrected chi connectivity index (χ2v) is 5.72. The Kier molecular flexibility index (Phi) is 2.04. The molecule has 2 heteroatoms. The first-order valence-corrected chi connectivity index (χ1v) is 6.36. The lowest BCUT2D eigenvalue weighted by molar-refractivity contribution is 0.523. The van der Waals surface area contributed by atoms with Gasteiger partial charge in [0.2, 0.25) is 0 Å². The molecule has 0 radical (unpaired) electrons. The molecule has 0 bridgehead atoms. The number of rotatable bonds is 1. The van der Waals surface area contributed by atoms with Crippen molar-refractivity contribution in [3.63, 3.8) is 0 Å². The Balaban J connectivity index is 2.28. The van der Waals surface area contributed by atoms with Crippen LogP contribution in [0.3, 0.4) is 0 Å². The Labute approximate surface area is 97.5 Å². The predicted octanol–water partition coefficient (Wildman–Crippen LogP) is 2.84. The van der Waals surface area contributed by atoms with Crippen molar-refractivity contribution in [2.75, 3.05) is 12.4 Å². The highest BCUT2D eigenvalue weighted by atomic mass is 14.9. The SMILES string of the molecule is CNc1c2c(nc3c1C(C)(C)CC3)CCC2. The quantitative estimate of drug-likeness (QED) is 0.781. The van der Waals surface area contributed by atoms with Gasteiger partial charge >= 0.3 is 0 Å². The zero-order valence-corrected chi connectivity index (χ0v) is 10.5. The lowest BCUT2D eigenvalue weighted by Gasteiger charge is -2.23. The number of hydrogen-bond acceptors (Lipinski definition) is 2. The summed E-state index contributed by atoms with van der Waals surface area (Å²) in [5.41, 5.74) is 7.42. The van der Waals surface area contributed by atoms with Crippen LogP contribution in [0.2, 0.25) is 0 Å². The van der Waals surface area contributed by atoms with Crippen LogP contribution in [0.1, 0.15) is 49.2 Å². The van der Waals surface area contributed by atoms with E-state index in [0.717, 1.165) is 6.42 Å². The maximum atomic E-state index is 4.90. The molecule has 2 aliphatic rings. The van der Waals surface area contributed by atoms with E-state index in [1.165, 1.54) is 53.9 Å². The number of pyridine rings is 1.